The number of pyridine rings is 1. The van der Waals surface area contributed by atoms with Gasteiger partial charge in [-0.25, -0.2) is 9.97 Å². The van der Waals surface area contributed by atoms with Crippen molar-refractivity contribution in [2.45, 2.75) is 57.4 Å². The summed E-state index contributed by atoms with van der Waals surface area (Å²) in [6, 6.07) is 18.9. The number of carbonyl (C=O) groups is 2. The lowest BCUT2D eigenvalue weighted by molar-refractivity contribution is -0.134. The Kier molecular flexibility index (Phi) is 12.7. The van der Waals surface area contributed by atoms with Gasteiger partial charge in [-0.3, -0.25) is 24.8 Å². The average Bonchev–Trinajstić information content (AvgIpc) is 3.72. The fourth-order valence-electron chi connectivity index (χ4n) is 9.48. The maximum absolute atomic E-state index is 13.6. The number of anilines is 5. The minimum Gasteiger partial charge on any atom is -0.494 e. The number of piperidine rings is 2. The second kappa shape index (κ2) is 18.6. The van der Waals surface area contributed by atoms with Crippen molar-refractivity contribution in [3.8, 4) is 5.75 Å². The highest BCUT2D eigenvalue weighted by molar-refractivity contribution is 9.10. The van der Waals surface area contributed by atoms with E-state index in [-0.39, 0.29) is 11.8 Å². The molecule has 1 unspecified atom stereocenters. The van der Waals surface area contributed by atoms with E-state index in [1.807, 2.05) is 30.3 Å². The van der Waals surface area contributed by atoms with Gasteiger partial charge in [0.15, 0.2) is 0 Å². The Hall–Kier alpha value is -5.41. The van der Waals surface area contributed by atoms with E-state index in [9.17, 15) is 14.2 Å². The maximum Gasteiger partial charge on any atom is 0.237 e. The maximum atomic E-state index is 13.6. The van der Waals surface area contributed by atoms with E-state index in [1.165, 1.54) is 16.8 Å². The number of imide groups is 1. The Morgan fingerprint density at radius 3 is 2.44 bits per heavy atom. The van der Waals surface area contributed by atoms with Gasteiger partial charge in [-0.1, -0.05) is 31.2 Å². The zero-order valence-electron chi connectivity index (χ0n) is 36.8. The van der Waals surface area contributed by atoms with Crippen LogP contribution in [0.2, 0.25) is 0 Å². The van der Waals surface area contributed by atoms with Crippen LogP contribution < -0.4 is 30.9 Å². The smallest absolute Gasteiger partial charge is 0.237 e. The first-order chi connectivity index (χ1) is 30.9. The number of carbonyl (C=O) groups excluding carboxylic acids is 2. The van der Waals surface area contributed by atoms with Crippen LogP contribution in [0.4, 0.5) is 28.8 Å². The van der Waals surface area contributed by atoms with Gasteiger partial charge in [0.1, 0.15) is 24.5 Å². The van der Waals surface area contributed by atoms with Crippen molar-refractivity contribution in [2.75, 3.05) is 81.8 Å². The number of H-pyrrole nitrogens is 1. The van der Waals surface area contributed by atoms with Gasteiger partial charge in [0.2, 0.25) is 17.8 Å². The molecule has 0 saturated carbocycles. The van der Waals surface area contributed by atoms with Gasteiger partial charge < -0.3 is 34.7 Å². The Balaban J connectivity index is 0.796. The van der Waals surface area contributed by atoms with E-state index in [0.717, 1.165) is 104 Å². The van der Waals surface area contributed by atoms with Gasteiger partial charge in [0.05, 0.1) is 51.6 Å². The van der Waals surface area contributed by atoms with Gasteiger partial charge in [-0.2, -0.15) is 4.98 Å². The highest BCUT2D eigenvalue weighted by Gasteiger charge is 2.31. The lowest BCUT2D eigenvalue weighted by Gasteiger charge is -2.43. The first-order valence-electron chi connectivity index (χ1n) is 22.2. The van der Waals surface area contributed by atoms with Gasteiger partial charge >= 0.3 is 0 Å². The Labute approximate surface area is 381 Å². The molecule has 0 radical (unpaired) electrons. The number of halogens is 1. The molecule has 4 N–H and O–H groups in total. The van der Waals surface area contributed by atoms with Crippen molar-refractivity contribution in [3.05, 3.63) is 88.4 Å². The minimum atomic E-state index is -2.71. The molecule has 0 aliphatic carbocycles. The number of hydrogen-bond acceptors (Lipinski definition) is 13. The van der Waals surface area contributed by atoms with Crippen LogP contribution in [-0.2, 0) is 27.0 Å². The summed E-state index contributed by atoms with van der Waals surface area (Å²) in [6.07, 6.45) is 8.25. The number of benzene rings is 3. The summed E-state index contributed by atoms with van der Waals surface area (Å²) in [5, 5.41) is 10.8. The zero-order valence-corrected chi connectivity index (χ0v) is 39.3. The molecular formula is C47H55BrN11O4P. The number of hydrogen-bond donors (Lipinski definition) is 4. The molecule has 3 fully saturated rings. The van der Waals surface area contributed by atoms with E-state index in [4.69, 9.17) is 9.72 Å². The first-order valence-corrected chi connectivity index (χ1v) is 25.6. The molecule has 3 aromatic carbocycles. The number of nitrogens with one attached hydrogen (secondary N) is 4. The van der Waals surface area contributed by atoms with Crippen LogP contribution in [0.5, 0.6) is 5.75 Å². The van der Waals surface area contributed by atoms with Gasteiger partial charge in [0.25, 0.3) is 0 Å². The second-order valence-corrected chi connectivity index (χ2v) is 21.4. The Morgan fingerprint density at radius 1 is 0.891 bits per heavy atom. The van der Waals surface area contributed by atoms with Crippen LogP contribution >= 0.6 is 23.1 Å². The summed E-state index contributed by atoms with van der Waals surface area (Å²) < 4.78 is 20.2. The molecule has 15 nitrogen and oxygen atoms in total. The number of piperazine rings is 1. The number of aromatic amines is 1. The summed E-state index contributed by atoms with van der Waals surface area (Å²) in [6.45, 7) is 12.9. The van der Waals surface area contributed by atoms with Crippen LogP contribution in [-0.4, -0.2) is 119 Å². The van der Waals surface area contributed by atoms with Gasteiger partial charge in [-0.15, -0.1) is 0 Å². The standard InChI is InChI=1S/C47H55BrN11O4P/c1-5-30-25-38(54-47-50-27-34(48)45(56-47)53-39-28-49-35-9-7-6-8-32(35)43(39)64(3,4)62)41(63-2)26-40(30)59-18-15-31(16-19-59)58-22-20-57(21-23-58)17-14-29-10-12-36-37(24-29)52-44(51-36)33-11-13-42(60)55-46(33)61/h6-10,12,24-28,31,33H,5,11,13-23H2,1-4H3,(H,51,52)(H,55,60,61)(H2,50,53,54,56). The van der Waals surface area contributed by atoms with E-state index in [2.05, 4.69) is 97.7 Å². The fraction of sp³-hybridized carbons (Fsp3) is 0.404. The molecule has 6 heterocycles. The van der Waals surface area contributed by atoms with Crippen molar-refractivity contribution in [1.82, 2.24) is 40.0 Å². The summed E-state index contributed by atoms with van der Waals surface area (Å²) in [5.41, 5.74) is 7.66. The number of aryl methyl sites for hydroxylation is 1. The molecule has 64 heavy (non-hydrogen) atoms. The molecule has 3 aliphatic heterocycles. The number of amides is 2. The van der Waals surface area contributed by atoms with Crippen molar-refractivity contribution >= 4 is 91.0 Å². The molecule has 0 bridgehead atoms. The summed E-state index contributed by atoms with van der Waals surface area (Å²) in [7, 11) is -1.01. The molecule has 17 heteroatoms. The monoisotopic (exact) mass is 947 g/mol. The summed E-state index contributed by atoms with van der Waals surface area (Å²) in [5.74, 6) is 1.35. The number of fused-ring (bicyclic) bond motifs is 2. The first kappa shape index (κ1) is 43.8. The molecule has 9 rings (SSSR count). The predicted octanol–water partition coefficient (Wildman–Crippen LogP) is 7.32. The molecular weight excluding hydrogens is 893 g/mol. The quantitative estimate of drug-likeness (QED) is 0.0671. The third-order valence-electron chi connectivity index (χ3n) is 12.9. The summed E-state index contributed by atoms with van der Waals surface area (Å²) >= 11 is 3.61. The number of imidazole rings is 1. The molecule has 3 saturated heterocycles. The predicted molar refractivity (Wildman–Crippen MR) is 258 cm³/mol. The second-order valence-electron chi connectivity index (χ2n) is 17.4. The van der Waals surface area contributed by atoms with E-state index >= 15 is 0 Å². The average molecular weight is 949 g/mol. The molecule has 334 valence electrons. The van der Waals surface area contributed by atoms with Crippen molar-refractivity contribution < 1.29 is 18.9 Å². The Morgan fingerprint density at radius 2 is 1.69 bits per heavy atom. The van der Waals surface area contributed by atoms with E-state index in [0.29, 0.717) is 52.4 Å². The van der Waals surface area contributed by atoms with Crippen LogP contribution in [0.25, 0.3) is 21.9 Å². The molecule has 0 spiro atoms. The number of ether oxygens (including phenoxy) is 1. The van der Waals surface area contributed by atoms with Crippen LogP contribution in [0.15, 0.2) is 71.5 Å². The lowest BCUT2D eigenvalue weighted by atomic mass is 9.98. The highest BCUT2D eigenvalue weighted by atomic mass is 79.9. The number of aromatic nitrogens is 5. The summed E-state index contributed by atoms with van der Waals surface area (Å²) in [4.78, 5) is 53.8. The minimum absolute atomic E-state index is 0.218. The van der Waals surface area contributed by atoms with Crippen LogP contribution in [0, 0.1) is 0 Å². The van der Waals surface area contributed by atoms with E-state index < -0.39 is 13.1 Å². The third-order valence-corrected chi connectivity index (χ3v) is 15.0. The molecule has 3 aromatic heterocycles. The van der Waals surface area contributed by atoms with Gasteiger partial charge in [-0.05, 0) is 96.8 Å². The lowest BCUT2D eigenvalue weighted by Crippen LogP contribution is -2.53. The number of para-hydroxylation sites is 1. The van der Waals surface area contributed by atoms with Gasteiger partial charge in [0, 0.05) is 86.9 Å². The van der Waals surface area contributed by atoms with E-state index in [1.54, 1.807) is 32.8 Å². The van der Waals surface area contributed by atoms with Crippen molar-refractivity contribution in [2.24, 2.45) is 0 Å². The largest absolute Gasteiger partial charge is 0.494 e. The molecule has 2 amide bonds. The number of rotatable bonds is 13. The normalized spacial score (nSPS) is 18.1. The Bertz CT molecular complexity index is 2760. The topological polar surface area (TPSA) is 174 Å². The fourth-order valence-corrected chi connectivity index (χ4v) is 11.2. The van der Waals surface area contributed by atoms with Crippen molar-refractivity contribution in [3.63, 3.8) is 0 Å². The highest BCUT2D eigenvalue weighted by Crippen LogP contribution is 2.42. The molecule has 1 atom stereocenters. The number of methoxy groups -OCH3 is 1. The van der Waals surface area contributed by atoms with Crippen LogP contribution in [0.1, 0.15) is 55.5 Å². The molecule has 6 aromatic rings. The van der Waals surface area contributed by atoms with Crippen molar-refractivity contribution in [1.29, 1.82) is 0 Å². The SMILES string of the molecule is CCc1cc(Nc2ncc(Br)c(Nc3cnc4ccccc4c3P(C)(C)=O)n2)c(OC)cc1N1CCC(N2CCN(CCc3ccc4nc(C5CCC(=O)NC5=O)[nH]c4c3)CC2)CC1. The zero-order chi connectivity index (χ0) is 44.5. The number of nitrogens with zero attached hydrogens (tertiary/aromatic N) is 7. The third kappa shape index (κ3) is 9.37. The van der Waals surface area contributed by atoms with Crippen LogP contribution in [0.3, 0.4) is 0 Å². The molecule has 3 aliphatic rings.